The predicted molar refractivity (Wildman–Crippen MR) is 73.6 cm³/mol. The fraction of sp³-hybridized carbons (Fsp3) is 0. The van der Waals surface area contributed by atoms with Gasteiger partial charge >= 0.3 is 0 Å². The van der Waals surface area contributed by atoms with Crippen molar-refractivity contribution in [1.82, 2.24) is 0 Å². The minimum atomic E-state index is 1.15. The van der Waals surface area contributed by atoms with E-state index in [1.165, 1.54) is 20.9 Å². The van der Waals surface area contributed by atoms with Crippen LogP contribution in [0.3, 0.4) is 0 Å². The maximum Gasteiger partial charge on any atom is 0.0259 e. The van der Waals surface area contributed by atoms with E-state index in [4.69, 9.17) is 0 Å². The van der Waals surface area contributed by atoms with Crippen molar-refractivity contribution in [2.75, 3.05) is 0 Å². The Labute approximate surface area is 108 Å². The van der Waals surface area contributed by atoms with Crippen LogP contribution in [0.25, 0.3) is 12.2 Å². The van der Waals surface area contributed by atoms with Gasteiger partial charge < -0.3 is 0 Å². The van der Waals surface area contributed by atoms with Gasteiger partial charge in [0.1, 0.15) is 0 Å². The summed E-state index contributed by atoms with van der Waals surface area (Å²) >= 11 is 5.42. The number of fused-ring (bicyclic) bond motifs is 2. The molecule has 0 saturated heterocycles. The first kappa shape index (κ1) is 10.2. The second kappa shape index (κ2) is 4.11. The molecule has 3 rings (SSSR count). The van der Waals surface area contributed by atoms with E-state index in [0.29, 0.717) is 0 Å². The lowest BCUT2D eigenvalue weighted by atomic mass is 10.1. The molecule has 0 aliphatic carbocycles. The number of hydrogen-bond donors (Lipinski definition) is 0. The maximum atomic E-state index is 3.60. The summed E-state index contributed by atoms with van der Waals surface area (Å²) in [5, 5.41) is 0. The third-order valence-electron chi connectivity index (χ3n) is 2.58. The quantitative estimate of drug-likeness (QED) is 0.556. The van der Waals surface area contributed by atoms with Gasteiger partial charge in [-0.2, -0.15) is 0 Å². The predicted octanol–water partition coefficient (Wildman–Crippen LogP) is 5.08. The van der Waals surface area contributed by atoms with Crippen molar-refractivity contribution < 1.29 is 0 Å². The Balaban J connectivity index is 2.21. The monoisotopic (exact) mass is 288 g/mol. The van der Waals surface area contributed by atoms with Gasteiger partial charge in [-0.15, -0.1) is 0 Å². The van der Waals surface area contributed by atoms with E-state index < -0.39 is 0 Å². The Hall–Kier alpha value is -0.990. The highest BCUT2D eigenvalue weighted by atomic mass is 79.9. The van der Waals surface area contributed by atoms with Crippen LogP contribution in [0.5, 0.6) is 0 Å². The number of hydrogen-bond acceptors (Lipinski definition) is 1. The molecule has 0 N–H and O–H groups in total. The number of halogens is 1. The van der Waals surface area contributed by atoms with Crippen LogP contribution in [0.15, 0.2) is 56.7 Å². The Morgan fingerprint density at radius 2 is 1.62 bits per heavy atom. The van der Waals surface area contributed by atoms with Crippen LogP contribution in [-0.4, -0.2) is 0 Å². The molecule has 0 bridgehead atoms. The van der Waals surface area contributed by atoms with Crippen molar-refractivity contribution in [2.24, 2.45) is 0 Å². The smallest absolute Gasteiger partial charge is 0.0259 e. The van der Waals surface area contributed by atoms with E-state index in [-0.39, 0.29) is 0 Å². The van der Waals surface area contributed by atoms with Gasteiger partial charge in [-0.05, 0) is 23.8 Å². The van der Waals surface area contributed by atoms with Crippen LogP contribution in [0.4, 0.5) is 0 Å². The lowest BCUT2D eigenvalue weighted by molar-refractivity contribution is 1.37. The minimum Gasteiger partial charge on any atom is -0.0888 e. The molecule has 0 spiro atoms. The van der Waals surface area contributed by atoms with Crippen molar-refractivity contribution in [2.45, 2.75) is 9.79 Å². The Kier molecular flexibility index (Phi) is 2.62. The molecule has 0 unspecified atom stereocenters. The number of benzene rings is 2. The highest BCUT2D eigenvalue weighted by Gasteiger charge is 2.10. The average molecular weight is 289 g/mol. The summed E-state index contributed by atoms with van der Waals surface area (Å²) in [5.41, 5.74) is 2.55. The lowest BCUT2D eigenvalue weighted by Gasteiger charge is -2.06. The summed E-state index contributed by atoms with van der Waals surface area (Å²) in [5.74, 6) is 0. The highest BCUT2D eigenvalue weighted by molar-refractivity contribution is 9.10. The fourth-order valence-electron chi connectivity index (χ4n) is 1.77. The van der Waals surface area contributed by atoms with Crippen molar-refractivity contribution in [3.05, 3.63) is 58.1 Å². The van der Waals surface area contributed by atoms with Crippen LogP contribution in [0, 0.1) is 0 Å². The molecule has 0 radical (unpaired) electrons. The molecule has 2 aromatic carbocycles. The molecule has 1 aliphatic rings. The summed E-state index contributed by atoms with van der Waals surface area (Å²) in [6.07, 6.45) is 4.36. The zero-order valence-electron chi connectivity index (χ0n) is 8.48. The minimum absolute atomic E-state index is 1.15. The summed E-state index contributed by atoms with van der Waals surface area (Å²) in [6.45, 7) is 0. The normalized spacial score (nSPS) is 12.8. The summed E-state index contributed by atoms with van der Waals surface area (Å²) < 4.78 is 1.15. The van der Waals surface area contributed by atoms with Crippen molar-refractivity contribution in [3.63, 3.8) is 0 Å². The Morgan fingerprint density at radius 3 is 2.56 bits per heavy atom. The topological polar surface area (TPSA) is 0 Å². The van der Waals surface area contributed by atoms with Crippen LogP contribution in [-0.2, 0) is 0 Å². The molecule has 0 fully saturated rings. The molecular weight excluding hydrogens is 280 g/mol. The van der Waals surface area contributed by atoms with Gasteiger partial charge in [0.2, 0.25) is 0 Å². The number of rotatable bonds is 0. The Morgan fingerprint density at radius 1 is 0.812 bits per heavy atom. The summed E-state index contributed by atoms with van der Waals surface area (Å²) in [7, 11) is 0. The summed E-state index contributed by atoms with van der Waals surface area (Å²) in [4.78, 5) is 2.62. The molecule has 2 heteroatoms. The Bertz CT molecular complexity index is 573. The molecule has 0 aromatic heterocycles. The third-order valence-corrected chi connectivity index (χ3v) is 4.44. The lowest BCUT2D eigenvalue weighted by Crippen LogP contribution is -1.80. The molecule has 0 amide bonds. The largest absolute Gasteiger partial charge is 0.0888 e. The van der Waals surface area contributed by atoms with Gasteiger partial charge in [-0.25, -0.2) is 0 Å². The fourth-order valence-corrected chi connectivity index (χ4v) is 3.47. The van der Waals surface area contributed by atoms with Crippen LogP contribution >= 0.6 is 27.7 Å². The van der Waals surface area contributed by atoms with Gasteiger partial charge in [0.15, 0.2) is 0 Å². The van der Waals surface area contributed by atoms with Gasteiger partial charge in [0, 0.05) is 19.8 Å². The molecule has 1 aliphatic heterocycles. The van der Waals surface area contributed by atoms with Crippen LogP contribution in [0.1, 0.15) is 11.1 Å². The zero-order valence-corrected chi connectivity index (χ0v) is 10.9. The van der Waals surface area contributed by atoms with Gasteiger partial charge in [0.05, 0.1) is 0 Å². The molecular formula is C14H9BrS. The van der Waals surface area contributed by atoms with Crippen molar-refractivity contribution in [3.8, 4) is 0 Å². The van der Waals surface area contributed by atoms with Crippen molar-refractivity contribution in [1.29, 1.82) is 0 Å². The second-order valence-electron chi connectivity index (χ2n) is 3.62. The molecule has 0 saturated carbocycles. The first-order chi connectivity index (χ1) is 7.84. The zero-order chi connectivity index (χ0) is 11.0. The van der Waals surface area contributed by atoms with Gasteiger partial charge in [-0.3, -0.25) is 0 Å². The average Bonchev–Trinajstić information content (AvgIpc) is 2.48. The van der Waals surface area contributed by atoms with E-state index in [0.717, 1.165) is 4.47 Å². The van der Waals surface area contributed by atoms with E-state index in [9.17, 15) is 0 Å². The van der Waals surface area contributed by atoms with E-state index in [1.807, 2.05) is 11.8 Å². The van der Waals surface area contributed by atoms with Crippen molar-refractivity contribution >= 4 is 39.8 Å². The summed E-state index contributed by atoms with van der Waals surface area (Å²) in [6, 6.07) is 14.8. The standard InChI is InChI=1S/C14H9BrS/c15-12-5-3-7-14-11(12)9-8-10-4-1-2-6-13(10)16-14/h1-9H. The molecule has 2 aromatic rings. The highest BCUT2D eigenvalue weighted by Crippen LogP contribution is 2.39. The molecule has 0 nitrogen and oxygen atoms in total. The molecule has 16 heavy (non-hydrogen) atoms. The first-order valence-electron chi connectivity index (χ1n) is 5.08. The van der Waals surface area contributed by atoms with Crippen LogP contribution in [0.2, 0.25) is 0 Å². The molecule has 1 heterocycles. The first-order valence-corrected chi connectivity index (χ1v) is 6.69. The second-order valence-corrected chi connectivity index (χ2v) is 5.56. The van der Waals surface area contributed by atoms with E-state index >= 15 is 0 Å². The van der Waals surface area contributed by atoms with Gasteiger partial charge in [-0.1, -0.05) is 64.1 Å². The SMILES string of the molecule is Brc1cccc2c1C=Cc1ccccc1S2. The third kappa shape index (κ3) is 1.72. The molecule has 0 atom stereocenters. The molecule has 78 valence electrons. The maximum absolute atomic E-state index is 3.60. The van der Waals surface area contributed by atoms with Crippen LogP contribution < -0.4 is 0 Å². The van der Waals surface area contributed by atoms with Gasteiger partial charge in [0.25, 0.3) is 0 Å². The van der Waals surface area contributed by atoms with E-state index in [1.54, 1.807) is 0 Å². The van der Waals surface area contributed by atoms with E-state index in [2.05, 4.69) is 70.5 Å².